The Bertz CT molecular complexity index is 404. The second kappa shape index (κ2) is 5.35. The van der Waals surface area contributed by atoms with Gasteiger partial charge < -0.3 is 9.84 Å². The van der Waals surface area contributed by atoms with Crippen LogP contribution in [0.1, 0.15) is 12.8 Å². The van der Waals surface area contributed by atoms with Crippen LogP contribution in [0.25, 0.3) is 0 Å². The molecule has 1 amide bonds. The number of aliphatic carboxylic acids is 1. The summed E-state index contributed by atoms with van der Waals surface area (Å²) < 4.78 is 26.7. The van der Waals surface area contributed by atoms with Gasteiger partial charge in [-0.05, 0) is 12.8 Å². The molecule has 17 heavy (non-hydrogen) atoms. The summed E-state index contributed by atoms with van der Waals surface area (Å²) in [4.78, 5) is 23.4. The molecule has 0 radical (unpaired) electrons. The predicted octanol–water partition coefficient (Wildman–Crippen LogP) is -0.283. The normalized spacial score (nSPS) is 18.6. The van der Waals surface area contributed by atoms with Crippen LogP contribution < -0.4 is 0 Å². The summed E-state index contributed by atoms with van der Waals surface area (Å²) in [5, 5.41) is 9.00. The Labute approximate surface area is 99.3 Å². The van der Waals surface area contributed by atoms with Gasteiger partial charge in [-0.25, -0.2) is 18.0 Å². The molecule has 0 aromatic carbocycles. The molecule has 0 aromatic heterocycles. The van der Waals surface area contributed by atoms with Gasteiger partial charge in [0.15, 0.2) is 0 Å². The molecular weight excluding hydrogens is 250 g/mol. The van der Waals surface area contributed by atoms with Crippen molar-refractivity contribution in [3.05, 3.63) is 0 Å². The van der Waals surface area contributed by atoms with Gasteiger partial charge in [-0.1, -0.05) is 0 Å². The Kier molecular flexibility index (Phi) is 4.33. The highest BCUT2D eigenvalue weighted by atomic mass is 32.2. The van der Waals surface area contributed by atoms with E-state index >= 15 is 0 Å². The van der Waals surface area contributed by atoms with Gasteiger partial charge in [0.25, 0.3) is 0 Å². The summed E-state index contributed by atoms with van der Waals surface area (Å²) in [5.74, 6) is -1.49. The number of sulfone groups is 1. The zero-order valence-electron chi connectivity index (χ0n) is 9.46. The fraction of sp³-hybridized carbons (Fsp3) is 0.778. The van der Waals surface area contributed by atoms with Crippen LogP contribution in [0.15, 0.2) is 0 Å². The lowest BCUT2D eigenvalue weighted by Gasteiger charge is -2.31. The molecule has 1 fully saturated rings. The average Bonchev–Trinajstić information content (AvgIpc) is 2.18. The van der Waals surface area contributed by atoms with Crippen LogP contribution in [0.5, 0.6) is 0 Å². The van der Waals surface area contributed by atoms with E-state index in [0.29, 0.717) is 6.42 Å². The van der Waals surface area contributed by atoms with Crippen LogP contribution in [0.4, 0.5) is 4.79 Å². The van der Waals surface area contributed by atoms with Crippen molar-refractivity contribution in [1.29, 1.82) is 0 Å². The molecule has 7 nitrogen and oxygen atoms in total. The summed E-state index contributed by atoms with van der Waals surface area (Å²) in [6.45, 7) is 0.549. The third kappa shape index (κ3) is 4.22. The molecule has 1 rings (SSSR count). The molecule has 1 aliphatic rings. The van der Waals surface area contributed by atoms with Crippen molar-refractivity contribution in [2.24, 2.45) is 0 Å². The first-order chi connectivity index (χ1) is 7.81. The quantitative estimate of drug-likeness (QED) is 0.733. The number of carbonyl (C=O) groups excluding carboxylic acids is 1. The molecular formula is C9H15NO6S. The van der Waals surface area contributed by atoms with Crippen molar-refractivity contribution < 1.29 is 27.9 Å². The lowest BCUT2D eigenvalue weighted by Crippen LogP contribution is -2.49. The van der Waals surface area contributed by atoms with Gasteiger partial charge in [0.2, 0.25) is 0 Å². The van der Waals surface area contributed by atoms with E-state index in [1.807, 2.05) is 0 Å². The molecule has 1 aliphatic heterocycles. The number of amides is 1. The van der Waals surface area contributed by atoms with Gasteiger partial charge in [-0.3, -0.25) is 4.90 Å². The molecule has 0 aliphatic carbocycles. The first-order valence-corrected chi connectivity index (χ1v) is 7.21. The zero-order chi connectivity index (χ0) is 13.1. The minimum Gasteiger partial charge on any atom is -0.480 e. The number of nitrogens with zero attached hydrogens (tertiary/aromatic N) is 1. The Morgan fingerprint density at radius 2 is 2.24 bits per heavy atom. The monoisotopic (exact) mass is 265 g/mol. The third-order valence-corrected chi connectivity index (χ3v) is 3.40. The van der Waals surface area contributed by atoms with Crippen molar-refractivity contribution >= 4 is 21.9 Å². The summed E-state index contributed by atoms with van der Waals surface area (Å²) >= 11 is 0. The fourth-order valence-corrected chi connectivity index (χ4v) is 2.24. The van der Waals surface area contributed by atoms with Gasteiger partial charge in [-0.15, -0.1) is 0 Å². The summed E-state index contributed by atoms with van der Waals surface area (Å²) in [5.41, 5.74) is 0. The first kappa shape index (κ1) is 13.8. The third-order valence-electron chi connectivity index (χ3n) is 2.43. The van der Waals surface area contributed by atoms with Gasteiger partial charge in [0.1, 0.15) is 15.9 Å². The Morgan fingerprint density at radius 3 is 2.71 bits per heavy atom. The number of hydrogen-bond donors (Lipinski definition) is 1. The van der Waals surface area contributed by atoms with Crippen LogP contribution in [0, 0.1) is 0 Å². The van der Waals surface area contributed by atoms with E-state index in [1.165, 1.54) is 0 Å². The van der Waals surface area contributed by atoms with Gasteiger partial charge in [0.05, 0.1) is 12.4 Å². The minimum absolute atomic E-state index is 0.122. The fourth-order valence-electron chi connectivity index (χ4n) is 1.59. The zero-order valence-corrected chi connectivity index (χ0v) is 10.3. The summed E-state index contributed by atoms with van der Waals surface area (Å²) in [6.07, 6.45) is 0.759. The van der Waals surface area contributed by atoms with Crippen LogP contribution in [0.2, 0.25) is 0 Å². The van der Waals surface area contributed by atoms with E-state index < -0.39 is 27.9 Å². The van der Waals surface area contributed by atoms with Crippen molar-refractivity contribution in [2.75, 3.05) is 25.2 Å². The topological polar surface area (TPSA) is 101 Å². The summed E-state index contributed by atoms with van der Waals surface area (Å²) in [6, 6.07) is -1.14. The SMILES string of the molecule is CS(=O)(=O)CCC(C(=O)O)N1CCCOC1=O. The number of hydrogen-bond acceptors (Lipinski definition) is 5. The molecule has 1 N–H and O–H groups in total. The molecule has 1 unspecified atom stereocenters. The molecule has 0 spiro atoms. The molecule has 0 bridgehead atoms. The largest absolute Gasteiger partial charge is 0.480 e. The number of carboxylic acids is 1. The standard InChI is InChI=1S/C9H15NO6S/c1-17(14,15)6-3-7(8(11)12)10-4-2-5-16-9(10)13/h7H,2-6H2,1H3,(H,11,12). The molecule has 0 saturated carbocycles. The number of rotatable bonds is 5. The first-order valence-electron chi connectivity index (χ1n) is 5.15. The van der Waals surface area contributed by atoms with Crippen LogP contribution in [-0.4, -0.2) is 61.7 Å². The number of cyclic esters (lactones) is 1. The Morgan fingerprint density at radius 1 is 1.59 bits per heavy atom. The van der Waals surface area contributed by atoms with E-state index in [9.17, 15) is 18.0 Å². The van der Waals surface area contributed by atoms with Gasteiger partial charge in [-0.2, -0.15) is 0 Å². The maximum Gasteiger partial charge on any atom is 0.410 e. The van der Waals surface area contributed by atoms with Crippen molar-refractivity contribution in [1.82, 2.24) is 4.90 Å². The van der Waals surface area contributed by atoms with Gasteiger partial charge in [0, 0.05) is 12.8 Å². The second-order valence-corrected chi connectivity index (χ2v) is 6.19. The predicted molar refractivity (Wildman–Crippen MR) is 58.4 cm³/mol. The Balaban J connectivity index is 2.71. The lowest BCUT2D eigenvalue weighted by atomic mass is 10.2. The molecule has 1 saturated heterocycles. The van der Waals surface area contributed by atoms with Crippen LogP contribution in [0.3, 0.4) is 0 Å². The summed E-state index contributed by atoms with van der Waals surface area (Å²) in [7, 11) is -3.25. The Hall–Kier alpha value is -1.31. The smallest absolute Gasteiger partial charge is 0.410 e. The lowest BCUT2D eigenvalue weighted by molar-refractivity contribution is -0.143. The maximum absolute atomic E-state index is 11.4. The second-order valence-electron chi connectivity index (χ2n) is 3.93. The van der Waals surface area contributed by atoms with E-state index in [4.69, 9.17) is 9.84 Å². The maximum atomic E-state index is 11.4. The van der Waals surface area contributed by atoms with Crippen molar-refractivity contribution in [3.63, 3.8) is 0 Å². The molecule has 0 aromatic rings. The van der Waals surface area contributed by atoms with E-state index in [-0.39, 0.29) is 25.3 Å². The highest BCUT2D eigenvalue weighted by Gasteiger charge is 2.33. The minimum atomic E-state index is -3.25. The van der Waals surface area contributed by atoms with Crippen molar-refractivity contribution in [3.8, 4) is 0 Å². The number of carboxylic acid groups (broad SMARTS) is 1. The highest BCUT2D eigenvalue weighted by Crippen LogP contribution is 2.13. The van der Waals surface area contributed by atoms with Gasteiger partial charge >= 0.3 is 12.1 Å². The molecule has 98 valence electrons. The van der Waals surface area contributed by atoms with Crippen LogP contribution >= 0.6 is 0 Å². The highest BCUT2D eigenvalue weighted by molar-refractivity contribution is 7.90. The van der Waals surface area contributed by atoms with E-state index in [0.717, 1.165) is 11.2 Å². The average molecular weight is 265 g/mol. The molecule has 1 heterocycles. The molecule has 8 heteroatoms. The van der Waals surface area contributed by atoms with E-state index in [1.54, 1.807) is 0 Å². The molecule has 1 atom stereocenters. The number of carbonyl (C=O) groups is 2. The number of ether oxygens (including phenoxy) is 1. The van der Waals surface area contributed by atoms with E-state index in [2.05, 4.69) is 0 Å². The van der Waals surface area contributed by atoms with Crippen LogP contribution in [-0.2, 0) is 19.4 Å². The van der Waals surface area contributed by atoms with Crippen molar-refractivity contribution in [2.45, 2.75) is 18.9 Å².